The van der Waals surface area contributed by atoms with Crippen LogP contribution >= 0.6 is 34.8 Å². The molecule has 9 unspecified atom stereocenters. The molecule has 17 nitrogen and oxygen atoms in total. The molecule has 7 fully saturated rings. The number of aliphatic hydroxyl groups excluding tert-OH is 1. The van der Waals surface area contributed by atoms with Gasteiger partial charge in [-0.15, -0.1) is 0 Å². The number of amides is 4. The highest BCUT2D eigenvalue weighted by molar-refractivity contribution is 6.31. The minimum absolute atomic E-state index is 0.0166. The van der Waals surface area contributed by atoms with Crippen LogP contribution in [-0.2, 0) is 41.6 Å². The quantitative estimate of drug-likeness (QED) is 0.0314. The fraction of sp³-hybridized carbons (Fsp3) is 0.357. The van der Waals surface area contributed by atoms with Crippen LogP contribution in [0.1, 0.15) is 167 Å². The molecule has 7 aliphatic rings. The molecule has 1 saturated heterocycles. The average Bonchev–Trinajstić information content (AvgIpc) is 1.62. The van der Waals surface area contributed by atoms with Gasteiger partial charge >= 0.3 is 5.97 Å². The standard InChI is InChI=1S/C33H32ClFN2O3.C28H29FN2O3.C26H26ClFN2O.C25H25ClFN3O/c34-25-9-12-27(13-10-25)37-33(40)30(18-22-3-1-21(2-4-22)17-28(39)20-38)24-7-5-23(6-8-24)29-15-16-36-32-14-11-26(35)19-31(29)32;1-16(27(32)31-23-6-3-17(4-7-23)28(33)34-2)18-11-19-13-21(14-20(19)12-18)24-9-10-30-26-8-5-22(29)15-25(24)26;1-15(26(31)30-22-4-2-3-20(27)13-22)16-9-17-11-19(12-18(17)10-16)23-7-8-29-25-6-5-21(28)14-24(23)25;1-15(25(31)29-21-5-2-19(26)3-6-21)16-10-17-13-30(14-18(17)11-16)24-8-9-28-23-7-4-20(27)12-22(23)24/h1-4,9-16,19,23-24,30,38H,5-8,17-18,20H2,(H,37,40);3-10,15-16,18-21H,11-14H2,1-2H3,(H,31,32);2-8,13-19H,9-12H2,1H3,(H,30,31);2-9,12,15-18H,10-11,13-14H2,1H3,(H,29,31)/t;16?,18?,19-,20+,21?;15?,16?,17-,18+,19?;15?,16?,17-,18+. The van der Waals surface area contributed by atoms with Gasteiger partial charge in [0.2, 0.25) is 23.6 Å². The first-order valence-corrected chi connectivity index (χ1v) is 48.7. The van der Waals surface area contributed by atoms with Crippen LogP contribution in [0.15, 0.2) is 243 Å². The van der Waals surface area contributed by atoms with Gasteiger partial charge < -0.3 is 36.0 Å². The second kappa shape index (κ2) is 43.1. The lowest BCUT2D eigenvalue weighted by molar-refractivity contribution is -0.122. The molecule has 702 valence electrons. The van der Waals surface area contributed by atoms with Crippen molar-refractivity contribution in [3.63, 3.8) is 0 Å². The molecular weight excluding hydrogens is 1780 g/mol. The number of ketones is 1. The third-order valence-electron chi connectivity index (χ3n) is 30.4. The average molecular weight is 1890 g/mol. The Morgan fingerprint density at radius 1 is 0.390 bits per heavy atom. The van der Waals surface area contributed by atoms with Crippen molar-refractivity contribution in [2.75, 3.05) is 53.0 Å². The van der Waals surface area contributed by atoms with Gasteiger partial charge in [0.05, 0.1) is 34.7 Å². The van der Waals surface area contributed by atoms with Gasteiger partial charge in [-0.1, -0.05) is 85.9 Å². The summed E-state index contributed by atoms with van der Waals surface area (Å²) in [7, 11) is 1.35. The van der Waals surface area contributed by atoms with Gasteiger partial charge in [0.25, 0.3) is 0 Å². The number of nitrogens with one attached hydrogen (secondary N) is 4. The number of rotatable bonds is 22. The van der Waals surface area contributed by atoms with Gasteiger partial charge in [-0.05, 0) is 389 Å². The van der Waals surface area contributed by atoms with Crippen molar-refractivity contribution in [2.45, 2.75) is 141 Å². The number of aliphatic hydroxyl groups is 1. The van der Waals surface area contributed by atoms with E-state index in [1.807, 2.05) is 99.9 Å². The Balaban J connectivity index is 0.000000126. The highest BCUT2D eigenvalue weighted by Gasteiger charge is 2.48. The number of halogens is 7. The minimum atomic E-state index is -0.471. The second-order valence-corrected chi connectivity index (χ2v) is 40.0. The van der Waals surface area contributed by atoms with Crippen molar-refractivity contribution >= 4 is 142 Å². The number of nitrogens with zero attached hydrogens (tertiary/aromatic N) is 5. The van der Waals surface area contributed by atoms with Crippen molar-refractivity contribution < 1.29 is 56.2 Å². The number of carbonyl (C=O) groups is 6. The summed E-state index contributed by atoms with van der Waals surface area (Å²) in [5.74, 6) is 4.25. The number of Topliss-reactive ketones (excluding diaryl/α,β-unsaturated/α-hetero) is 1. The smallest absolute Gasteiger partial charge is 0.337 e. The summed E-state index contributed by atoms with van der Waals surface area (Å²) < 4.78 is 60.3. The summed E-state index contributed by atoms with van der Waals surface area (Å²) >= 11 is 18.0. The zero-order valence-corrected chi connectivity index (χ0v) is 78.8. The molecule has 4 amide bonds. The number of benzene rings is 9. The zero-order valence-electron chi connectivity index (χ0n) is 76.5. The fourth-order valence-corrected chi connectivity index (χ4v) is 23.6. The topological polar surface area (TPSA) is 235 Å². The first-order valence-electron chi connectivity index (χ1n) is 47.6. The van der Waals surface area contributed by atoms with Crippen molar-refractivity contribution in [1.82, 2.24) is 19.9 Å². The monoisotopic (exact) mass is 1890 g/mol. The lowest BCUT2D eigenvalue weighted by Gasteiger charge is -2.34. The summed E-state index contributed by atoms with van der Waals surface area (Å²) in [5.41, 5.74) is 13.2. The molecule has 6 aliphatic carbocycles. The minimum Gasteiger partial charge on any atom is -0.465 e. The van der Waals surface area contributed by atoms with Crippen molar-refractivity contribution in [1.29, 1.82) is 0 Å². The van der Waals surface area contributed by atoms with E-state index in [4.69, 9.17) is 44.6 Å². The van der Waals surface area contributed by atoms with Gasteiger partial charge in [-0.2, -0.15) is 0 Å². The lowest BCUT2D eigenvalue weighted by atomic mass is 9.71. The van der Waals surface area contributed by atoms with Crippen molar-refractivity contribution in [3.8, 4) is 0 Å². The number of anilines is 5. The van der Waals surface area contributed by atoms with Gasteiger partial charge in [0.1, 0.15) is 29.9 Å². The van der Waals surface area contributed by atoms with Crippen molar-refractivity contribution in [2.24, 2.45) is 82.9 Å². The van der Waals surface area contributed by atoms with Crippen molar-refractivity contribution in [3.05, 3.63) is 315 Å². The van der Waals surface area contributed by atoms with E-state index >= 15 is 0 Å². The number of aromatic nitrogens is 4. The molecule has 24 heteroatoms. The van der Waals surface area contributed by atoms with E-state index in [2.05, 4.69) is 52.2 Å². The Hall–Kier alpha value is -12.0. The highest BCUT2D eigenvalue weighted by Crippen LogP contribution is 2.57. The molecule has 13 aromatic rings. The molecule has 5 N–H and O–H groups in total. The largest absolute Gasteiger partial charge is 0.465 e. The Kier molecular flexibility index (Phi) is 30.4. The maximum atomic E-state index is 14.0. The van der Waals surface area contributed by atoms with Gasteiger partial charge in [0.15, 0.2) is 5.78 Å². The molecule has 136 heavy (non-hydrogen) atoms. The first-order chi connectivity index (χ1) is 65.8. The highest BCUT2D eigenvalue weighted by atomic mass is 35.5. The van der Waals surface area contributed by atoms with E-state index in [1.54, 1.807) is 134 Å². The van der Waals surface area contributed by atoms with Crippen LogP contribution in [0.3, 0.4) is 0 Å². The molecule has 5 heterocycles. The molecule has 9 aromatic carbocycles. The summed E-state index contributed by atoms with van der Waals surface area (Å²) in [6.07, 6.45) is 22.4. The van der Waals surface area contributed by atoms with Crippen LogP contribution < -0.4 is 26.2 Å². The zero-order chi connectivity index (χ0) is 95.0. The molecule has 0 spiro atoms. The van der Waals surface area contributed by atoms with E-state index < -0.39 is 12.6 Å². The molecule has 6 saturated carbocycles. The Bertz CT molecular complexity index is 6470. The summed E-state index contributed by atoms with van der Waals surface area (Å²) in [6.45, 7) is 7.52. The number of esters is 1. The van der Waals surface area contributed by atoms with Gasteiger partial charge in [0, 0.05) is 133 Å². The molecule has 0 radical (unpaired) electrons. The molecule has 0 bridgehead atoms. The Morgan fingerprint density at radius 2 is 0.765 bits per heavy atom. The normalized spacial score (nSPS) is 22.7. The maximum absolute atomic E-state index is 14.0. The predicted molar refractivity (Wildman–Crippen MR) is 530 cm³/mol. The number of hydrogen-bond donors (Lipinski definition) is 5. The number of pyridine rings is 4. The number of fused-ring (bicyclic) bond motifs is 7. The molecule has 1 aliphatic heterocycles. The summed E-state index contributed by atoms with van der Waals surface area (Å²) in [6, 6.07) is 63.4. The molecule has 15 atom stereocenters. The van der Waals surface area contributed by atoms with Gasteiger partial charge in [-0.3, -0.25) is 43.9 Å². The Labute approximate surface area is 805 Å². The third-order valence-corrected chi connectivity index (χ3v) is 31.2. The molecule has 20 rings (SSSR count). The van der Waals surface area contributed by atoms with Crippen LogP contribution in [0.4, 0.5) is 46.0 Å². The third kappa shape index (κ3) is 22.8. The number of carbonyl (C=O) groups excluding carboxylic acids is 6. The Morgan fingerprint density at radius 3 is 1.18 bits per heavy atom. The van der Waals surface area contributed by atoms with E-state index in [0.717, 1.165) is 180 Å². The number of methoxy groups -OCH3 is 1. The van der Waals surface area contributed by atoms with Crippen LogP contribution in [0.5, 0.6) is 0 Å². The van der Waals surface area contributed by atoms with Crippen LogP contribution in [0, 0.1) is 106 Å². The fourth-order valence-electron chi connectivity index (χ4n) is 23.2. The number of ether oxygens (including phenoxy) is 1. The molecular formula is C112H112Cl3F4N9O8. The number of hydrogen-bond acceptors (Lipinski definition) is 13. The predicted octanol–water partition coefficient (Wildman–Crippen LogP) is 25.4. The van der Waals surface area contributed by atoms with E-state index in [9.17, 15) is 46.3 Å². The van der Waals surface area contributed by atoms with Crippen LogP contribution in [0.25, 0.3) is 43.6 Å². The SMILES string of the molecule is CC(C(=O)Nc1ccc(Cl)cc1)C1C[C@@H]2CN(c3ccnc4ccc(F)cc34)C[C@@H]2C1.CC(C(=O)Nc1cccc(Cl)c1)C1C[C@H]2CC(c3ccnc4ccc(F)cc34)C[C@H]2C1.COC(=O)c1ccc(NC(=O)C(C)C2C[C@H]3CC(c4ccnc5ccc(F)cc45)C[C@H]3C2)cc1.O=C(CO)Cc1ccc(CC(C(=O)Nc2ccc(Cl)cc2)C2CCC(c3ccnc4ccc(F)cc34)CC2)cc1. The lowest BCUT2D eigenvalue weighted by Crippen LogP contribution is -2.33. The van der Waals surface area contributed by atoms with E-state index in [0.29, 0.717) is 104 Å². The van der Waals surface area contributed by atoms with E-state index in [1.165, 1.54) is 42.5 Å². The maximum Gasteiger partial charge on any atom is 0.337 e. The van der Waals surface area contributed by atoms with Crippen LogP contribution in [-0.4, -0.2) is 87.2 Å². The van der Waals surface area contributed by atoms with E-state index in [-0.39, 0.29) is 94.6 Å². The van der Waals surface area contributed by atoms with Crippen LogP contribution in [0.2, 0.25) is 15.1 Å². The summed E-state index contributed by atoms with van der Waals surface area (Å²) in [4.78, 5) is 95.3. The first kappa shape index (κ1) is 95.7. The van der Waals surface area contributed by atoms with Gasteiger partial charge in [-0.25, -0.2) is 22.4 Å². The molecule has 4 aromatic heterocycles. The summed E-state index contributed by atoms with van der Waals surface area (Å²) in [5, 5.41) is 26.7. The second-order valence-electron chi connectivity index (χ2n) is 38.7.